The first-order chi connectivity index (χ1) is 9.74. The molecule has 2 heteroatoms. The summed E-state index contributed by atoms with van der Waals surface area (Å²) in [5, 5.41) is 4.55. The Hall–Kier alpha value is -1.96. The number of alkyl halides is 2. The molecule has 3 aromatic rings. The summed E-state index contributed by atoms with van der Waals surface area (Å²) in [6, 6.07) is 16.3. The fraction of sp³-hybridized carbons (Fsp3) is 0.222. The van der Waals surface area contributed by atoms with Crippen molar-refractivity contribution in [3.05, 3.63) is 59.7 Å². The van der Waals surface area contributed by atoms with Gasteiger partial charge in [-0.15, -0.1) is 0 Å². The van der Waals surface area contributed by atoms with E-state index in [2.05, 4.69) is 18.2 Å². The molecule has 0 nitrogen and oxygen atoms in total. The zero-order chi connectivity index (χ0) is 13.7. The van der Waals surface area contributed by atoms with Crippen LogP contribution in [0.15, 0.2) is 48.5 Å². The Bertz CT molecular complexity index is 807. The molecule has 20 heavy (non-hydrogen) atoms. The second-order valence-electron chi connectivity index (χ2n) is 5.53. The van der Waals surface area contributed by atoms with Gasteiger partial charge in [0, 0.05) is 12.8 Å². The molecule has 0 aliphatic heterocycles. The maximum Gasteiger partial charge on any atom is 0.136 e. The third-order valence-electron chi connectivity index (χ3n) is 4.34. The van der Waals surface area contributed by atoms with Crippen LogP contribution in [-0.2, 0) is 12.8 Å². The normalized spacial score (nSPS) is 22.1. The van der Waals surface area contributed by atoms with Crippen molar-refractivity contribution in [1.29, 1.82) is 0 Å². The van der Waals surface area contributed by atoms with Gasteiger partial charge in [0.1, 0.15) is 12.3 Å². The Balaban J connectivity index is 2.05. The lowest BCUT2D eigenvalue weighted by Gasteiger charge is -2.24. The van der Waals surface area contributed by atoms with Gasteiger partial charge >= 0.3 is 0 Å². The molecule has 0 aromatic heterocycles. The van der Waals surface area contributed by atoms with Crippen molar-refractivity contribution >= 4 is 21.5 Å². The van der Waals surface area contributed by atoms with Crippen LogP contribution in [0.3, 0.4) is 0 Å². The van der Waals surface area contributed by atoms with Crippen LogP contribution in [0.1, 0.15) is 11.1 Å². The van der Waals surface area contributed by atoms with Crippen LogP contribution in [0.4, 0.5) is 8.78 Å². The molecule has 0 heterocycles. The van der Waals surface area contributed by atoms with Crippen LogP contribution >= 0.6 is 0 Å². The first-order valence-electron chi connectivity index (χ1n) is 6.94. The Kier molecular flexibility index (Phi) is 2.53. The molecule has 4 rings (SSSR count). The quantitative estimate of drug-likeness (QED) is 0.515. The van der Waals surface area contributed by atoms with Gasteiger partial charge in [0.2, 0.25) is 0 Å². The highest BCUT2D eigenvalue weighted by Crippen LogP contribution is 2.34. The SMILES string of the molecule is FC1Cc2ccc3c(ccc4ccccc43)c2CC1F. The van der Waals surface area contributed by atoms with Crippen LogP contribution in [-0.4, -0.2) is 12.3 Å². The van der Waals surface area contributed by atoms with E-state index in [0.717, 1.165) is 21.9 Å². The number of hydrogen-bond donors (Lipinski definition) is 0. The van der Waals surface area contributed by atoms with Crippen molar-refractivity contribution in [2.45, 2.75) is 25.2 Å². The lowest BCUT2D eigenvalue weighted by atomic mass is 9.85. The summed E-state index contributed by atoms with van der Waals surface area (Å²) in [5.74, 6) is 0. The van der Waals surface area contributed by atoms with Crippen LogP contribution in [0.5, 0.6) is 0 Å². The number of rotatable bonds is 0. The number of halogens is 2. The number of fused-ring (bicyclic) bond motifs is 5. The van der Waals surface area contributed by atoms with Gasteiger partial charge in [-0.25, -0.2) is 8.78 Å². The molecule has 0 saturated carbocycles. The van der Waals surface area contributed by atoms with E-state index in [4.69, 9.17) is 0 Å². The average molecular weight is 268 g/mol. The third-order valence-corrected chi connectivity index (χ3v) is 4.34. The topological polar surface area (TPSA) is 0 Å². The van der Waals surface area contributed by atoms with Gasteiger partial charge in [0.25, 0.3) is 0 Å². The second-order valence-corrected chi connectivity index (χ2v) is 5.53. The van der Waals surface area contributed by atoms with Crippen molar-refractivity contribution in [2.24, 2.45) is 0 Å². The van der Waals surface area contributed by atoms with Gasteiger partial charge in [-0.2, -0.15) is 0 Å². The Labute approximate surface area is 116 Å². The fourth-order valence-electron chi connectivity index (χ4n) is 3.29. The maximum atomic E-state index is 13.7. The van der Waals surface area contributed by atoms with E-state index in [9.17, 15) is 8.78 Å². The molecule has 0 amide bonds. The van der Waals surface area contributed by atoms with Gasteiger partial charge in [-0.1, -0.05) is 48.5 Å². The Morgan fingerprint density at radius 1 is 0.700 bits per heavy atom. The molecule has 0 bridgehead atoms. The van der Waals surface area contributed by atoms with Crippen molar-refractivity contribution < 1.29 is 8.78 Å². The van der Waals surface area contributed by atoms with E-state index < -0.39 is 12.3 Å². The lowest BCUT2D eigenvalue weighted by Crippen LogP contribution is -2.28. The monoisotopic (exact) mass is 268 g/mol. The zero-order valence-electron chi connectivity index (χ0n) is 10.9. The molecule has 1 aliphatic carbocycles. The summed E-state index contributed by atoms with van der Waals surface area (Å²) in [4.78, 5) is 0. The summed E-state index contributed by atoms with van der Waals surface area (Å²) in [6.45, 7) is 0. The minimum Gasteiger partial charge on any atom is -0.244 e. The van der Waals surface area contributed by atoms with E-state index in [1.807, 2.05) is 30.3 Å². The highest BCUT2D eigenvalue weighted by atomic mass is 19.2. The predicted octanol–water partition coefficient (Wildman–Crippen LogP) is 4.77. The number of benzene rings is 3. The summed E-state index contributed by atoms with van der Waals surface area (Å²) >= 11 is 0. The van der Waals surface area contributed by atoms with Gasteiger partial charge in [-0.05, 0) is 32.7 Å². The highest BCUT2D eigenvalue weighted by Gasteiger charge is 2.29. The zero-order valence-corrected chi connectivity index (χ0v) is 10.9. The van der Waals surface area contributed by atoms with Crippen LogP contribution < -0.4 is 0 Å². The van der Waals surface area contributed by atoms with Crippen LogP contribution in [0.25, 0.3) is 21.5 Å². The molecule has 100 valence electrons. The number of hydrogen-bond acceptors (Lipinski definition) is 0. The minimum atomic E-state index is -1.38. The fourth-order valence-corrected chi connectivity index (χ4v) is 3.29. The van der Waals surface area contributed by atoms with E-state index in [1.54, 1.807) is 0 Å². The smallest absolute Gasteiger partial charge is 0.136 e. The van der Waals surface area contributed by atoms with Gasteiger partial charge < -0.3 is 0 Å². The highest BCUT2D eigenvalue weighted by molar-refractivity contribution is 6.08. The molecular weight excluding hydrogens is 254 g/mol. The van der Waals surface area contributed by atoms with Gasteiger partial charge in [0.05, 0.1) is 0 Å². The Morgan fingerprint density at radius 2 is 1.45 bits per heavy atom. The molecule has 0 radical (unpaired) electrons. The minimum absolute atomic E-state index is 0.187. The summed E-state index contributed by atoms with van der Waals surface area (Å²) < 4.78 is 27.3. The molecule has 0 spiro atoms. The molecule has 2 atom stereocenters. The maximum absolute atomic E-state index is 13.7. The van der Waals surface area contributed by atoms with E-state index >= 15 is 0 Å². The van der Waals surface area contributed by atoms with Crippen molar-refractivity contribution in [2.75, 3.05) is 0 Å². The van der Waals surface area contributed by atoms with Crippen molar-refractivity contribution in [3.63, 3.8) is 0 Å². The molecule has 0 N–H and O–H groups in total. The van der Waals surface area contributed by atoms with Gasteiger partial charge in [0.15, 0.2) is 0 Å². The molecule has 2 unspecified atom stereocenters. The first kappa shape index (κ1) is 11.8. The van der Waals surface area contributed by atoms with Crippen LogP contribution in [0, 0.1) is 0 Å². The summed E-state index contributed by atoms with van der Waals surface area (Å²) in [5.41, 5.74) is 1.93. The largest absolute Gasteiger partial charge is 0.244 e. The second kappa shape index (κ2) is 4.27. The van der Waals surface area contributed by atoms with E-state index in [1.165, 1.54) is 10.8 Å². The van der Waals surface area contributed by atoms with Crippen molar-refractivity contribution in [1.82, 2.24) is 0 Å². The predicted molar refractivity (Wildman–Crippen MR) is 78.7 cm³/mol. The third kappa shape index (κ3) is 1.64. The molecule has 0 saturated heterocycles. The summed E-state index contributed by atoms with van der Waals surface area (Å²) in [7, 11) is 0. The lowest BCUT2D eigenvalue weighted by molar-refractivity contribution is 0.157. The van der Waals surface area contributed by atoms with Crippen molar-refractivity contribution in [3.8, 4) is 0 Å². The average Bonchev–Trinajstić information content (AvgIpc) is 2.48. The van der Waals surface area contributed by atoms with Crippen LogP contribution in [0.2, 0.25) is 0 Å². The van der Waals surface area contributed by atoms with Gasteiger partial charge in [-0.3, -0.25) is 0 Å². The molecule has 0 fully saturated rings. The Morgan fingerprint density at radius 3 is 2.35 bits per heavy atom. The molecule has 3 aromatic carbocycles. The molecular formula is C18H14F2. The van der Waals surface area contributed by atoms with E-state index in [0.29, 0.717) is 0 Å². The summed E-state index contributed by atoms with van der Waals surface area (Å²) in [6.07, 6.45) is -2.36. The molecule has 1 aliphatic rings. The first-order valence-corrected chi connectivity index (χ1v) is 6.94. The standard InChI is InChI=1S/C18H14F2/c19-17-9-12-6-8-14-13-4-2-1-3-11(13)5-7-15(14)16(12)10-18(17)20/h1-8,17-18H,9-10H2. The van der Waals surface area contributed by atoms with E-state index in [-0.39, 0.29) is 12.8 Å².